The normalized spacial score (nSPS) is 10.8. The van der Waals surface area contributed by atoms with Gasteiger partial charge in [-0.15, -0.1) is 0 Å². The number of nitrogens with two attached hydrogens (primary N) is 1. The van der Waals surface area contributed by atoms with Crippen LogP contribution in [-0.4, -0.2) is 21.5 Å². The molecule has 0 bridgehead atoms. The van der Waals surface area contributed by atoms with Gasteiger partial charge in [-0.25, -0.2) is 9.97 Å². The minimum absolute atomic E-state index is 0.532. The predicted molar refractivity (Wildman–Crippen MR) is 74.4 cm³/mol. The second-order valence-corrected chi connectivity index (χ2v) is 4.39. The van der Waals surface area contributed by atoms with Gasteiger partial charge in [-0.05, 0) is 18.2 Å². The van der Waals surface area contributed by atoms with Gasteiger partial charge in [0, 0.05) is 24.0 Å². The largest absolute Gasteiger partial charge is 0.481 e. The fourth-order valence-corrected chi connectivity index (χ4v) is 2.11. The Hall–Kier alpha value is -2.27. The Morgan fingerprint density at radius 1 is 1.32 bits per heavy atom. The number of methoxy groups -OCH3 is 1. The van der Waals surface area contributed by atoms with Crippen molar-refractivity contribution in [3.8, 4) is 17.1 Å². The monoisotopic (exact) mass is 274 g/mol. The highest BCUT2D eigenvalue weighted by Crippen LogP contribution is 2.29. The molecule has 0 saturated heterocycles. The number of imidazole rings is 1. The van der Waals surface area contributed by atoms with Gasteiger partial charge in [-0.3, -0.25) is 4.40 Å². The van der Waals surface area contributed by atoms with Crippen LogP contribution < -0.4 is 10.5 Å². The molecule has 3 aromatic rings. The number of nitrogens with zero attached hydrogens (tertiary/aromatic N) is 3. The van der Waals surface area contributed by atoms with Gasteiger partial charge in [0.25, 0.3) is 0 Å². The molecule has 0 atom stereocenters. The standard InChI is InChI=1S/C13H11ClN4O/c1-19-10-5-4-8(7-16-10)11-12(15)18-6-2-3-9(14)13(18)17-11/h2-7H,15H2,1H3. The van der Waals surface area contributed by atoms with E-state index < -0.39 is 0 Å². The fourth-order valence-electron chi connectivity index (χ4n) is 1.91. The summed E-state index contributed by atoms with van der Waals surface area (Å²) in [6.45, 7) is 0. The third-order valence-corrected chi connectivity index (χ3v) is 3.15. The minimum atomic E-state index is 0.532. The van der Waals surface area contributed by atoms with Crippen molar-refractivity contribution < 1.29 is 4.74 Å². The number of aromatic nitrogens is 3. The number of pyridine rings is 2. The summed E-state index contributed by atoms with van der Waals surface area (Å²) in [6, 6.07) is 7.22. The van der Waals surface area contributed by atoms with Crippen molar-refractivity contribution in [3.05, 3.63) is 41.7 Å². The van der Waals surface area contributed by atoms with Gasteiger partial charge < -0.3 is 10.5 Å². The Morgan fingerprint density at radius 3 is 2.79 bits per heavy atom. The Bertz CT molecular complexity index is 736. The lowest BCUT2D eigenvalue weighted by atomic mass is 10.2. The average Bonchev–Trinajstić information content (AvgIpc) is 2.78. The zero-order valence-electron chi connectivity index (χ0n) is 10.2. The van der Waals surface area contributed by atoms with Gasteiger partial charge in [0.2, 0.25) is 5.88 Å². The molecule has 0 aliphatic rings. The van der Waals surface area contributed by atoms with E-state index in [1.807, 2.05) is 18.3 Å². The van der Waals surface area contributed by atoms with Gasteiger partial charge in [-0.2, -0.15) is 0 Å². The number of fused-ring (bicyclic) bond motifs is 1. The predicted octanol–water partition coefficient (Wildman–Crippen LogP) is 2.64. The first-order valence-electron chi connectivity index (χ1n) is 5.63. The van der Waals surface area contributed by atoms with E-state index in [1.165, 1.54) is 0 Å². The summed E-state index contributed by atoms with van der Waals surface area (Å²) in [5, 5.41) is 0.557. The van der Waals surface area contributed by atoms with Crippen LogP contribution in [0.4, 0.5) is 5.82 Å². The number of ether oxygens (including phenoxy) is 1. The molecule has 3 rings (SSSR count). The summed E-state index contributed by atoms with van der Waals surface area (Å²) in [5.74, 6) is 1.08. The van der Waals surface area contributed by atoms with Crippen LogP contribution in [0.25, 0.3) is 16.9 Å². The summed E-state index contributed by atoms with van der Waals surface area (Å²) in [6.07, 6.45) is 3.49. The van der Waals surface area contributed by atoms with E-state index >= 15 is 0 Å². The quantitative estimate of drug-likeness (QED) is 0.780. The molecule has 0 radical (unpaired) electrons. The van der Waals surface area contributed by atoms with E-state index in [9.17, 15) is 0 Å². The molecule has 0 saturated carbocycles. The summed E-state index contributed by atoms with van der Waals surface area (Å²) >= 11 is 6.10. The molecule has 3 aromatic heterocycles. The SMILES string of the molecule is COc1ccc(-c2nc3c(Cl)cccn3c2N)cn1. The van der Waals surface area contributed by atoms with Crippen LogP contribution in [-0.2, 0) is 0 Å². The molecule has 96 valence electrons. The van der Waals surface area contributed by atoms with Crippen molar-refractivity contribution >= 4 is 23.1 Å². The van der Waals surface area contributed by atoms with Gasteiger partial charge in [0.15, 0.2) is 5.65 Å². The van der Waals surface area contributed by atoms with Gasteiger partial charge >= 0.3 is 0 Å². The molecule has 0 amide bonds. The van der Waals surface area contributed by atoms with Crippen LogP contribution in [0.5, 0.6) is 5.88 Å². The second kappa shape index (κ2) is 4.44. The lowest BCUT2D eigenvalue weighted by molar-refractivity contribution is 0.398. The zero-order valence-corrected chi connectivity index (χ0v) is 10.9. The summed E-state index contributed by atoms with van der Waals surface area (Å²) < 4.78 is 6.78. The van der Waals surface area contributed by atoms with Crippen molar-refractivity contribution in [2.24, 2.45) is 0 Å². The summed E-state index contributed by atoms with van der Waals surface area (Å²) in [4.78, 5) is 8.61. The highest BCUT2D eigenvalue weighted by molar-refractivity contribution is 6.33. The molecule has 0 fully saturated rings. The van der Waals surface area contributed by atoms with Crippen LogP contribution in [0.2, 0.25) is 5.02 Å². The van der Waals surface area contributed by atoms with Crippen LogP contribution in [0.3, 0.4) is 0 Å². The maximum Gasteiger partial charge on any atom is 0.212 e. The minimum Gasteiger partial charge on any atom is -0.481 e. The molecule has 0 aliphatic heterocycles. The number of rotatable bonds is 2. The van der Waals surface area contributed by atoms with Crippen LogP contribution in [0, 0.1) is 0 Å². The highest BCUT2D eigenvalue weighted by Gasteiger charge is 2.13. The van der Waals surface area contributed by atoms with Crippen molar-refractivity contribution in [3.63, 3.8) is 0 Å². The van der Waals surface area contributed by atoms with E-state index in [-0.39, 0.29) is 0 Å². The average molecular weight is 275 g/mol. The molecule has 0 unspecified atom stereocenters. The van der Waals surface area contributed by atoms with E-state index in [1.54, 1.807) is 29.8 Å². The first-order valence-corrected chi connectivity index (χ1v) is 6.01. The summed E-state index contributed by atoms with van der Waals surface area (Å²) in [7, 11) is 1.57. The Kier molecular flexibility index (Phi) is 2.76. The topological polar surface area (TPSA) is 65.4 Å². The lowest BCUT2D eigenvalue weighted by Crippen LogP contribution is -1.94. The molecule has 3 heterocycles. The van der Waals surface area contributed by atoms with Crippen molar-refractivity contribution in [1.29, 1.82) is 0 Å². The fraction of sp³-hybridized carbons (Fsp3) is 0.0769. The number of nitrogen functional groups attached to an aromatic ring is 1. The first-order chi connectivity index (χ1) is 9.20. The van der Waals surface area contributed by atoms with Gasteiger partial charge in [-0.1, -0.05) is 11.6 Å². The van der Waals surface area contributed by atoms with E-state index in [0.717, 1.165) is 5.56 Å². The van der Waals surface area contributed by atoms with E-state index in [2.05, 4.69) is 9.97 Å². The lowest BCUT2D eigenvalue weighted by Gasteiger charge is -2.01. The Morgan fingerprint density at radius 2 is 2.16 bits per heavy atom. The smallest absolute Gasteiger partial charge is 0.212 e. The van der Waals surface area contributed by atoms with Crippen molar-refractivity contribution in [1.82, 2.24) is 14.4 Å². The Labute approximate surface area is 114 Å². The van der Waals surface area contributed by atoms with E-state index in [0.29, 0.717) is 28.1 Å². The first kappa shape index (κ1) is 11.8. The molecule has 5 nitrogen and oxygen atoms in total. The third kappa shape index (κ3) is 1.88. The molecular weight excluding hydrogens is 264 g/mol. The number of hydrogen-bond donors (Lipinski definition) is 1. The molecule has 0 spiro atoms. The van der Waals surface area contributed by atoms with Crippen LogP contribution in [0.15, 0.2) is 36.7 Å². The highest BCUT2D eigenvalue weighted by atomic mass is 35.5. The zero-order chi connectivity index (χ0) is 13.4. The second-order valence-electron chi connectivity index (χ2n) is 3.98. The van der Waals surface area contributed by atoms with Crippen LogP contribution in [0.1, 0.15) is 0 Å². The summed E-state index contributed by atoms with van der Waals surface area (Å²) in [5.41, 5.74) is 8.20. The molecule has 0 aliphatic carbocycles. The number of anilines is 1. The maximum absolute atomic E-state index is 6.10. The number of halogens is 1. The van der Waals surface area contributed by atoms with E-state index in [4.69, 9.17) is 22.1 Å². The molecular formula is C13H11ClN4O. The van der Waals surface area contributed by atoms with Crippen molar-refractivity contribution in [2.45, 2.75) is 0 Å². The maximum atomic E-state index is 6.10. The van der Waals surface area contributed by atoms with Gasteiger partial charge in [0.05, 0.1) is 12.1 Å². The molecule has 0 aromatic carbocycles. The molecule has 2 N–H and O–H groups in total. The molecule has 6 heteroatoms. The van der Waals surface area contributed by atoms with Crippen molar-refractivity contribution in [2.75, 3.05) is 12.8 Å². The van der Waals surface area contributed by atoms with Crippen LogP contribution >= 0.6 is 11.6 Å². The Balaban J connectivity index is 2.19. The third-order valence-electron chi connectivity index (χ3n) is 2.86. The van der Waals surface area contributed by atoms with Gasteiger partial charge in [0.1, 0.15) is 11.5 Å². The molecule has 19 heavy (non-hydrogen) atoms. The number of hydrogen-bond acceptors (Lipinski definition) is 4.